The first-order valence-electron chi connectivity index (χ1n) is 10.7. The van der Waals surface area contributed by atoms with Gasteiger partial charge in [-0.1, -0.05) is 42.5 Å². The van der Waals surface area contributed by atoms with Gasteiger partial charge in [0.05, 0.1) is 30.4 Å². The molecule has 10 heteroatoms. The van der Waals surface area contributed by atoms with E-state index in [1.54, 1.807) is 16.6 Å². The second-order valence-electron chi connectivity index (χ2n) is 8.47. The molecule has 0 radical (unpaired) electrons. The minimum atomic E-state index is -3.04. The Morgan fingerprint density at radius 2 is 1.97 bits per heavy atom. The number of hydrogen-bond acceptors (Lipinski definition) is 6. The highest BCUT2D eigenvalue weighted by Crippen LogP contribution is 2.23. The first-order chi connectivity index (χ1) is 15.7. The molecule has 0 aliphatic carbocycles. The van der Waals surface area contributed by atoms with Gasteiger partial charge in [-0.05, 0) is 50.3 Å². The number of rotatable bonds is 7. The summed E-state index contributed by atoms with van der Waals surface area (Å²) in [5.74, 6) is 0.643. The second-order valence-corrected chi connectivity index (χ2v) is 11.1. The lowest BCUT2D eigenvalue weighted by molar-refractivity contribution is -0.122. The van der Waals surface area contributed by atoms with Gasteiger partial charge in [-0.3, -0.25) is 14.3 Å². The molecule has 1 amide bonds. The molecule has 1 N–H and O–H groups in total. The van der Waals surface area contributed by atoms with Gasteiger partial charge in [0.1, 0.15) is 0 Å². The molecule has 1 atom stereocenters. The summed E-state index contributed by atoms with van der Waals surface area (Å²) in [7, 11) is -1.23. The Balaban J connectivity index is 1.55. The van der Waals surface area contributed by atoms with E-state index in [0.717, 1.165) is 22.6 Å². The lowest BCUT2D eigenvalue weighted by atomic mass is 10.2. The Labute approximate surface area is 198 Å². The number of amides is 1. The third-order valence-corrected chi connectivity index (χ3v) is 7.68. The summed E-state index contributed by atoms with van der Waals surface area (Å²) < 4.78 is 27.4. The Morgan fingerprint density at radius 1 is 1.21 bits per heavy atom. The second kappa shape index (κ2) is 9.58. The fourth-order valence-corrected chi connectivity index (χ4v) is 5.94. The van der Waals surface area contributed by atoms with Crippen molar-refractivity contribution in [1.82, 2.24) is 24.6 Å². The summed E-state index contributed by atoms with van der Waals surface area (Å²) >= 11 is 5.78. The van der Waals surface area contributed by atoms with E-state index in [1.807, 2.05) is 60.0 Å². The summed E-state index contributed by atoms with van der Waals surface area (Å²) in [5, 5.41) is 7.60. The zero-order chi connectivity index (χ0) is 23.6. The van der Waals surface area contributed by atoms with E-state index in [4.69, 9.17) is 17.3 Å². The zero-order valence-corrected chi connectivity index (χ0v) is 20.3. The maximum atomic E-state index is 12.4. The van der Waals surface area contributed by atoms with Crippen LogP contribution in [-0.2, 0) is 21.3 Å². The average Bonchev–Trinajstić information content (AvgIpc) is 3.27. The number of likely N-dealkylation sites (N-methyl/N-ethyl adjacent to an activating group) is 1. The predicted octanol–water partition coefficient (Wildman–Crippen LogP) is 2.57. The van der Waals surface area contributed by atoms with Gasteiger partial charge in [-0.2, -0.15) is 0 Å². The van der Waals surface area contributed by atoms with Crippen molar-refractivity contribution in [3.8, 4) is 17.1 Å². The first kappa shape index (κ1) is 23.3. The molecule has 1 aliphatic heterocycles. The van der Waals surface area contributed by atoms with Crippen molar-refractivity contribution < 1.29 is 13.2 Å². The maximum absolute atomic E-state index is 12.4. The number of carbonyl (C=O) groups excluding carboxylic acids is 1. The standard InChI is InChI=1S/C23H27N5O3S2/c1-17-7-6-10-20(13-17)28-22(18-8-4-3-5-9-18)25-27(23(28)32)16-26(2)14-21(29)24-19-11-12-33(30,31)15-19/h3-10,13,19H,11-12,14-16H2,1-2H3,(H,24,29). The highest BCUT2D eigenvalue weighted by Gasteiger charge is 2.29. The molecule has 1 fully saturated rings. The van der Waals surface area contributed by atoms with Gasteiger partial charge in [0.2, 0.25) is 10.7 Å². The van der Waals surface area contributed by atoms with Gasteiger partial charge < -0.3 is 5.32 Å². The Kier molecular flexibility index (Phi) is 6.78. The monoisotopic (exact) mass is 485 g/mol. The molecule has 0 spiro atoms. The van der Waals surface area contributed by atoms with E-state index < -0.39 is 9.84 Å². The van der Waals surface area contributed by atoms with Crippen LogP contribution in [0.3, 0.4) is 0 Å². The van der Waals surface area contributed by atoms with E-state index in [2.05, 4.69) is 11.4 Å². The summed E-state index contributed by atoms with van der Waals surface area (Å²) in [6.07, 6.45) is 0.462. The van der Waals surface area contributed by atoms with Crippen LogP contribution in [0, 0.1) is 11.7 Å². The molecule has 8 nitrogen and oxygen atoms in total. The molecule has 3 aromatic rings. The van der Waals surface area contributed by atoms with Gasteiger partial charge in [-0.25, -0.2) is 13.1 Å². The number of aryl methyl sites for hydroxylation is 1. The summed E-state index contributed by atoms with van der Waals surface area (Å²) in [6, 6.07) is 17.6. The van der Waals surface area contributed by atoms with Crippen LogP contribution >= 0.6 is 12.2 Å². The summed E-state index contributed by atoms with van der Waals surface area (Å²) in [4.78, 5) is 14.2. The molecular weight excluding hydrogens is 458 g/mol. The Bertz CT molecular complexity index is 1320. The lowest BCUT2D eigenvalue weighted by Gasteiger charge is -2.18. The predicted molar refractivity (Wildman–Crippen MR) is 130 cm³/mol. The minimum absolute atomic E-state index is 0.00878. The summed E-state index contributed by atoms with van der Waals surface area (Å²) in [6.45, 7) is 2.45. The van der Waals surface area contributed by atoms with Crippen LogP contribution in [0.4, 0.5) is 0 Å². The maximum Gasteiger partial charge on any atom is 0.234 e. The molecular formula is C23H27N5O3S2. The number of carbonyl (C=O) groups is 1. The van der Waals surface area contributed by atoms with E-state index in [1.165, 1.54) is 0 Å². The highest BCUT2D eigenvalue weighted by atomic mass is 32.2. The molecule has 0 bridgehead atoms. The van der Waals surface area contributed by atoms with Crippen LogP contribution in [0.25, 0.3) is 17.1 Å². The van der Waals surface area contributed by atoms with Crippen LogP contribution < -0.4 is 5.32 Å². The number of benzene rings is 2. The van der Waals surface area contributed by atoms with Crippen LogP contribution in [0.1, 0.15) is 12.0 Å². The fourth-order valence-electron chi connectivity index (χ4n) is 3.98. The van der Waals surface area contributed by atoms with Crippen LogP contribution in [-0.4, -0.2) is 64.7 Å². The molecule has 2 aromatic carbocycles. The Morgan fingerprint density at radius 3 is 2.64 bits per heavy atom. The molecule has 174 valence electrons. The van der Waals surface area contributed by atoms with Crippen molar-refractivity contribution in [2.24, 2.45) is 0 Å². The molecule has 0 saturated carbocycles. The van der Waals surface area contributed by atoms with Crippen molar-refractivity contribution in [1.29, 1.82) is 0 Å². The van der Waals surface area contributed by atoms with Gasteiger partial charge in [0, 0.05) is 11.6 Å². The molecule has 1 aromatic heterocycles. The van der Waals surface area contributed by atoms with Gasteiger partial charge >= 0.3 is 0 Å². The van der Waals surface area contributed by atoms with Gasteiger partial charge in [-0.15, -0.1) is 5.10 Å². The minimum Gasteiger partial charge on any atom is -0.351 e. The zero-order valence-electron chi connectivity index (χ0n) is 18.6. The van der Waals surface area contributed by atoms with Gasteiger partial charge in [0.15, 0.2) is 15.7 Å². The quantitative estimate of drug-likeness (QED) is 0.518. The van der Waals surface area contributed by atoms with Gasteiger partial charge in [0.25, 0.3) is 0 Å². The third kappa shape index (κ3) is 5.58. The molecule has 1 saturated heterocycles. The van der Waals surface area contributed by atoms with Crippen LogP contribution in [0.15, 0.2) is 54.6 Å². The SMILES string of the molecule is Cc1cccc(-n2c(-c3ccccc3)nn(CN(C)CC(=O)NC3CCS(=O)(=O)C3)c2=S)c1. The molecule has 1 aliphatic rings. The van der Waals surface area contributed by atoms with Crippen molar-refractivity contribution in [3.05, 3.63) is 64.9 Å². The van der Waals surface area contributed by atoms with E-state index in [9.17, 15) is 13.2 Å². The highest BCUT2D eigenvalue weighted by molar-refractivity contribution is 7.91. The smallest absolute Gasteiger partial charge is 0.234 e. The van der Waals surface area contributed by atoms with Crippen molar-refractivity contribution >= 4 is 28.0 Å². The van der Waals surface area contributed by atoms with E-state index in [0.29, 0.717) is 17.9 Å². The van der Waals surface area contributed by atoms with Crippen LogP contribution in [0.5, 0.6) is 0 Å². The van der Waals surface area contributed by atoms with E-state index >= 15 is 0 Å². The number of hydrogen-bond donors (Lipinski definition) is 1. The topological polar surface area (TPSA) is 89.2 Å². The normalized spacial score (nSPS) is 17.4. The van der Waals surface area contributed by atoms with Crippen molar-refractivity contribution in [2.45, 2.75) is 26.1 Å². The number of aromatic nitrogens is 3. The number of sulfone groups is 1. The third-order valence-electron chi connectivity index (χ3n) is 5.52. The lowest BCUT2D eigenvalue weighted by Crippen LogP contribution is -2.42. The van der Waals surface area contributed by atoms with E-state index in [-0.39, 0.29) is 30.0 Å². The van der Waals surface area contributed by atoms with Crippen molar-refractivity contribution in [3.63, 3.8) is 0 Å². The molecule has 1 unspecified atom stereocenters. The number of nitrogens with one attached hydrogen (secondary N) is 1. The van der Waals surface area contributed by atoms with Crippen LogP contribution in [0.2, 0.25) is 0 Å². The molecule has 33 heavy (non-hydrogen) atoms. The molecule has 2 heterocycles. The largest absolute Gasteiger partial charge is 0.351 e. The first-order valence-corrected chi connectivity index (χ1v) is 13.0. The Hall–Kier alpha value is -2.82. The molecule has 4 rings (SSSR count). The average molecular weight is 486 g/mol. The summed E-state index contributed by atoms with van der Waals surface area (Å²) in [5.41, 5.74) is 2.98. The fraction of sp³-hybridized carbons (Fsp3) is 0.348. The van der Waals surface area contributed by atoms with Crippen molar-refractivity contribution in [2.75, 3.05) is 25.1 Å². The number of nitrogens with zero attached hydrogens (tertiary/aromatic N) is 4.